The quantitative estimate of drug-likeness (QED) is 0.929. The molecule has 2 N–H and O–H groups in total. The van der Waals surface area contributed by atoms with Crippen molar-refractivity contribution in [2.75, 3.05) is 7.05 Å². The van der Waals surface area contributed by atoms with Gasteiger partial charge in [0.25, 0.3) is 0 Å². The number of nitrogens with two attached hydrogens (primary N) is 1. The van der Waals surface area contributed by atoms with Crippen molar-refractivity contribution in [2.24, 2.45) is 11.7 Å². The van der Waals surface area contributed by atoms with Crippen molar-refractivity contribution >= 4 is 17.5 Å². The minimum absolute atomic E-state index is 0.0191. The van der Waals surface area contributed by atoms with Crippen molar-refractivity contribution in [3.8, 4) is 0 Å². The summed E-state index contributed by atoms with van der Waals surface area (Å²) in [5.74, 6) is 0.251. The third-order valence-electron chi connectivity index (χ3n) is 4.35. The van der Waals surface area contributed by atoms with Gasteiger partial charge in [0, 0.05) is 24.0 Å². The highest BCUT2D eigenvalue weighted by Gasteiger charge is 2.30. The molecule has 0 heterocycles. The third kappa shape index (κ3) is 3.33. The Balaban J connectivity index is 2.08. The third-order valence-corrected chi connectivity index (χ3v) is 4.69. The fraction of sp³-hybridized carbons (Fsp3) is 0.562. The Kier molecular flexibility index (Phi) is 5.06. The molecule has 1 aliphatic rings. The number of carbonyl (C=O) groups excluding carboxylic acids is 1. The van der Waals surface area contributed by atoms with Gasteiger partial charge < -0.3 is 10.6 Å². The molecule has 1 fully saturated rings. The maximum Gasteiger partial charge on any atom is 0.225 e. The summed E-state index contributed by atoms with van der Waals surface area (Å²) in [6.45, 7) is 2.02. The SMILES string of the molecule is C[C@H](c1ccccc1Cl)N(C)C(=O)[C@H]1CCC[C@@H](N)C1. The number of carbonyl (C=O) groups is 1. The lowest BCUT2D eigenvalue weighted by atomic mass is 9.85. The van der Waals surface area contributed by atoms with Gasteiger partial charge in [-0.15, -0.1) is 0 Å². The van der Waals surface area contributed by atoms with Gasteiger partial charge in [-0.3, -0.25) is 4.79 Å². The number of benzene rings is 1. The molecule has 0 bridgehead atoms. The molecule has 0 saturated heterocycles. The van der Waals surface area contributed by atoms with Gasteiger partial charge in [0.15, 0.2) is 0 Å². The van der Waals surface area contributed by atoms with Crippen LogP contribution in [0, 0.1) is 5.92 Å². The van der Waals surface area contributed by atoms with Crippen LogP contribution in [0.5, 0.6) is 0 Å². The second-order valence-electron chi connectivity index (χ2n) is 5.77. The lowest BCUT2D eigenvalue weighted by Gasteiger charge is -2.33. The number of halogens is 1. The van der Waals surface area contributed by atoms with Crippen LogP contribution < -0.4 is 5.73 Å². The largest absolute Gasteiger partial charge is 0.339 e. The number of hydrogen-bond donors (Lipinski definition) is 1. The summed E-state index contributed by atoms with van der Waals surface area (Å²) in [6, 6.07) is 7.84. The molecule has 3 atom stereocenters. The Hall–Kier alpha value is -1.06. The van der Waals surface area contributed by atoms with E-state index in [1.807, 2.05) is 43.1 Å². The molecule has 0 aromatic heterocycles. The smallest absolute Gasteiger partial charge is 0.225 e. The average molecular weight is 295 g/mol. The van der Waals surface area contributed by atoms with Crippen LogP contribution in [0.4, 0.5) is 0 Å². The molecule has 1 aliphatic carbocycles. The zero-order chi connectivity index (χ0) is 14.7. The summed E-state index contributed by atoms with van der Waals surface area (Å²) in [5, 5.41) is 0.708. The fourth-order valence-corrected chi connectivity index (χ4v) is 3.25. The molecule has 0 aliphatic heterocycles. The Bertz CT molecular complexity index is 477. The second kappa shape index (κ2) is 6.59. The maximum absolute atomic E-state index is 12.6. The first-order valence-corrected chi connectivity index (χ1v) is 7.65. The minimum Gasteiger partial charge on any atom is -0.339 e. The highest BCUT2D eigenvalue weighted by molar-refractivity contribution is 6.31. The lowest BCUT2D eigenvalue weighted by Crippen LogP contribution is -2.39. The van der Waals surface area contributed by atoms with E-state index in [4.69, 9.17) is 17.3 Å². The fourth-order valence-electron chi connectivity index (χ4n) is 2.95. The van der Waals surface area contributed by atoms with Crippen molar-refractivity contribution in [2.45, 2.75) is 44.7 Å². The van der Waals surface area contributed by atoms with Gasteiger partial charge in [-0.25, -0.2) is 0 Å². The Morgan fingerprint density at radius 3 is 2.75 bits per heavy atom. The van der Waals surface area contributed by atoms with Gasteiger partial charge in [-0.1, -0.05) is 36.2 Å². The Morgan fingerprint density at radius 1 is 1.40 bits per heavy atom. The van der Waals surface area contributed by atoms with Gasteiger partial charge in [-0.05, 0) is 37.8 Å². The second-order valence-corrected chi connectivity index (χ2v) is 6.18. The number of amides is 1. The zero-order valence-electron chi connectivity index (χ0n) is 12.2. The molecule has 1 saturated carbocycles. The van der Waals surface area contributed by atoms with Crippen LogP contribution in [0.25, 0.3) is 0 Å². The summed E-state index contributed by atoms with van der Waals surface area (Å²) in [4.78, 5) is 14.4. The first-order chi connectivity index (χ1) is 9.50. The standard InChI is InChI=1S/C16H23ClN2O/c1-11(14-8-3-4-9-15(14)17)19(2)16(20)12-6-5-7-13(18)10-12/h3-4,8-9,11-13H,5-7,10,18H2,1-2H3/t11-,12+,13-/m1/s1. The molecule has 1 amide bonds. The van der Waals surface area contributed by atoms with Crippen molar-refractivity contribution < 1.29 is 4.79 Å². The van der Waals surface area contributed by atoms with E-state index in [1.54, 1.807) is 0 Å². The predicted molar refractivity (Wildman–Crippen MR) is 82.6 cm³/mol. The molecular weight excluding hydrogens is 272 g/mol. The van der Waals surface area contributed by atoms with E-state index in [0.717, 1.165) is 31.2 Å². The highest BCUT2D eigenvalue weighted by Crippen LogP contribution is 2.30. The van der Waals surface area contributed by atoms with Crippen LogP contribution in [0.3, 0.4) is 0 Å². The molecule has 110 valence electrons. The summed E-state index contributed by atoms with van der Waals surface area (Å²) in [7, 11) is 1.86. The first kappa shape index (κ1) is 15.3. The molecule has 1 aromatic rings. The van der Waals surface area contributed by atoms with Gasteiger partial charge in [0.1, 0.15) is 0 Å². The van der Waals surface area contributed by atoms with Gasteiger partial charge in [0.05, 0.1) is 6.04 Å². The summed E-state index contributed by atoms with van der Waals surface area (Å²) < 4.78 is 0. The van der Waals surface area contributed by atoms with Gasteiger partial charge >= 0.3 is 0 Å². The van der Waals surface area contributed by atoms with Crippen molar-refractivity contribution in [1.82, 2.24) is 4.90 Å². The van der Waals surface area contributed by atoms with E-state index in [1.165, 1.54) is 0 Å². The molecule has 1 aromatic carbocycles. The van der Waals surface area contributed by atoms with Crippen LogP contribution in [0.2, 0.25) is 5.02 Å². The topological polar surface area (TPSA) is 46.3 Å². The molecule has 2 rings (SSSR count). The molecule has 0 spiro atoms. The van der Waals surface area contributed by atoms with Gasteiger partial charge in [0.2, 0.25) is 5.91 Å². The first-order valence-electron chi connectivity index (χ1n) is 7.27. The van der Waals surface area contributed by atoms with Crippen molar-refractivity contribution in [1.29, 1.82) is 0 Å². The van der Waals surface area contributed by atoms with Gasteiger partial charge in [-0.2, -0.15) is 0 Å². The molecule has 0 radical (unpaired) electrons. The predicted octanol–water partition coefficient (Wildman–Crippen LogP) is 3.38. The Morgan fingerprint density at radius 2 is 2.10 bits per heavy atom. The molecule has 20 heavy (non-hydrogen) atoms. The summed E-state index contributed by atoms with van der Waals surface area (Å²) in [5.41, 5.74) is 6.97. The van der Waals surface area contributed by atoms with E-state index in [-0.39, 0.29) is 23.9 Å². The molecular formula is C16H23ClN2O. The van der Waals surface area contributed by atoms with E-state index in [2.05, 4.69) is 0 Å². The summed E-state index contributed by atoms with van der Waals surface area (Å²) >= 11 is 6.22. The molecule has 4 heteroatoms. The Labute approximate surface area is 126 Å². The highest BCUT2D eigenvalue weighted by atomic mass is 35.5. The van der Waals surface area contributed by atoms with E-state index < -0.39 is 0 Å². The van der Waals surface area contributed by atoms with Crippen LogP contribution in [0.1, 0.15) is 44.2 Å². The summed E-state index contributed by atoms with van der Waals surface area (Å²) in [6.07, 6.45) is 3.84. The molecule has 0 unspecified atom stereocenters. The van der Waals surface area contributed by atoms with Crippen molar-refractivity contribution in [3.05, 3.63) is 34.9 Å². The average Bonchev–Trinajstić information content (AvgIpc) is 2.45. The number of rotatable bonds is 3. The van der Waals surface area contributed by atoms with Crippen molar-refractivity contribution in [3.63, 3.8) is 0 Å². The number of hydrogen-bond acceptors (Lipinski definition) is 2. The normalized spacial score (nSPS) is 24.2. The zero-order valence-corrected chi connectivity index (χ0v) is 12.9. The number of nitrogens with zero attached hydrogens (tertiary/aromatic N) is 1. The monoisotopic (exact) mass is 294 g/mol. The van der Waals surface area contributed by atoms with Crippen LogP contribution >= 0.6 is 11.6 Å². The minimum atomic E-state index is -0.0191. The van der Waals surface area contributed by atoms with Crippen LogP contribution in [-0.2, 0) is 4.79 Å². The van der Waals surface area contributed by atoms with E-state index in [0.29, 0.717) is 5.02 Å². The molecule has 3 nitrogen and oxygen atoms in total. The van der Waals surface area contributed by atoms with E-state index >= 15 is 0 Å². The van der Waals surface area contributed by atoms with Crippen LogP contribution in [0.15, 0.2) is 24.3 Å². The maximum atomic E-state index is 12.6. The van der Waals surface area contributed by atoms with E-state index in [9.17, 15) is 4.79 Å². The lowest BCUT2D eigenvalue weighted by molar-refractivity contribution is -0.137. The van der Waals surface area contributed by atoms with Crippen LogP contribution in [-0.4, -0.2) is 23.9 Å².